The molecule has 0 saturated carbocycles. The van der Waals surface area contributed by atoms with Crippen LogP contribution in [0.3, 0.4) is 0 Å². The predicted molar refractivity (Wildman–Crippen MR) is 89.3 cm³/mol. The average molecular weight is 363 g/mol. The number of aliphatic hydroxyl groups is 1. The zero-order valence-corrected chi connectivity index (χ0v) is 13.5. The average Bonchev–Trinajstić information content (AvgIpc) is 2.87. The third-order valence-electron chi connectivity index (χ3n) is 3.07. The van der Waals surface area contributed by atoms with Crippen LogP contribution in [0.25, 0.3) is 11.0 Å². The molecule has 0 bridgehead atoms. The molecule has 0 atom stereocenters. The zero-order chi connectivity index (χ0) is 15.5. The van der Waals surface area contributed by atoms with Gasteiger partial charge >= 0.3 is 0 Å². The van der Waals surface area contributed by atoms with E-state index >= 15 is 0 Å². The first-order chi connectivity index (χ1) is 10.7. The highest BCUT2D eigenvalue weighted by atomic mass is 79.9. The Morgan fingerprint density at radius 1 is 1.32 bits per heavy atom. The van der Waals surface area contributed by atoms with Gasteiger partial charge in [-0.2, -0.15) is 15.1 Å². The summed E-state index contributed by atoms with van der Waals surface area (Å²) in [5, 5.41) is 20.2. The quantitative estimate of drug-likeness (QED) is 0.645. The predicted octanol–water partition coefficient (Wildman–Crippen LogP) is 2.27. The summed E-state index contributed by atoms with van der Waals surface area (Å²) in [6.07, 6.45) is 1.73. The maximum atomic E-state index is 8.93. The van der Waals surface area contributed by atoms with Gasteiger partial charge in [0.1, 0.15) is 5.82 Å². The van der Waals surface area contributed by atoms with Crippen LogP contribution in [0.2, 0.25) is 0 Å². The van der Waals surface area contributed by atoms with Crippen molar-refractivity contribution in [2.24, 2.45) is 7.05 Å². The fraction of sp³-hybridized carbons (Fsp3) is 0.214. The molecule has 3 N–H and O–H groups in total. The topological polar surface area (TPSA) is 87.9 Å². The van der Waals surface area contributed by atoms with Gasteiger partial charge in [0, 0.05) is 23.8 Å². The molecule has 0 radical (unpaired) electrons. The highest BCUT2D eigenvalue weighted by Gasteiger charge is 2.11. The molecular formula is C14H15BrN6O. The van der Waals surface area contributed by atoms with Crippen LogP contribution >= 0.6 is 15.9 Å². The summed E-state index contributed by atoms with van der Waals surface area (Å²) in [4.78, 5) is 8.87. The molecule has 0 unspecified atom stereocenters. The van der Waals surface area contributed by atoms with Crippen LogP contribution in [0.15, 0.2) is 34.9 Å². The summed E-state index contributed by atoms with van der Waals surface area (Å²) >= 11 is 3.45. The monoisotopic (exact) mass is 362 g/mol. The van der Waals surface area contributed by atoms with Gasteiger partial charge in [-0.05, 0) is 18.2 Å². The Bertz CT molecular complexity index is 803. The molecule has 0 aliphatic rings. The van der Waals surface area contributed by atoms with E-state index in [9.17, 15) is 0 Å². The van der Waals surface area contributed by atoms with Crippen LogP contribution in [-0.4, -0.2) is 38.0 Å². The zero-order valence-electron chi connectivity index (χ0n) is 11.9. The first-order valence-corrected chi connectivity index (χ1v) is 7.54. The second-order valence-corrected chi connectivity index (χ2v) is 5.60. The maximum Gasteiger partial charge on any atom is 0.226 e. The summed E-state index contributed by atoms with van der Waals surface area (Å²) in [5.74, 6) is 1.11. The number of aliphatic hydroxyl groups excluding tert-OH is 1. The number of benzene rings is 1. The van der Waals surface area contributed by atoms with Gasteiger partial charge in [-0.15, -0.1) is 0 Å². The Kier molecular flexibility index (Phi) is 4.21. The molecule has 3 aromatic rings. The first-order valence-electron chi connectivity index (χ1n) is 6.74. The van der Waals surface area contributed by atoms with E-state index < -0.39 is 0 Å². The molecular weight excluding hydrogens is 348 g/mol. The number of anilines is 3. The van der Waals surface area contributed by atoms with Crippen LogP contribution in [-0.2, 0) is 7.05 Å². The number of fused-ring (bicyclic) bond motifs is 1. The summed E-state index contributed by atoms with van der Waals surface area (Å²) in [6.45, 7) is 0.404. The van der Waals surface area contributed by atoms with E-state index in [1.807, 2.05) is 31.3 Å². The van der Waals surface area contributed by atoms with E-state index in [2.05, 4.69) is 41.6 Å². The van der Waals surface area contributed by atoms with Crippen molar-refractivity contribution in [3.8, 4) is 0 Å². The largest absolute Gasteiger partial charge is 0.395 e. The lowest BCUT2D eigenvalue weighted by atomic mass is 10.3. The third-order valence-corrected chi connectivity index (χ3v) is 3.57. The normalized spacial score (nSPS) is 10.9. The van der Waals surface area contributed by atoms with Crippen molar-refractivity contribution in [2.75, 3.05) is 23.8 Å². The van der Waals surface area contributed by atoms with Crippen molar-refractivity contribution in [3.63, 3.8) is 0 Å². The highest BCUT2D eigenvalue weighted by Crippen LogP contribution is 2.26. The Balaban J connectivity index is 2.02. The molecule has 0 aliphatic carbocycles. The lowest BCUT2D eigenvalue weighted by molar-refractivity contribution is 0.311. The lowest BCUT2D eigenvalue weighted by Crippen LogP contribution is -2.10. The van der Waals surface area contributed by atoms with Crippen molar-refractivity contribution in [1.29, 1.82) is 0 Å². The molecule has 7 nitrogen and oxygen atoms in total. The van der Waals surface area contributed by atoms with E-state index in [1.165, 1.54) is 0 Å². The Labute approximate surface area is 135 Å². The molecule has 2 heterocycles. The number of rotatable bonds is 5. The van der Waals surface area contributed by atoms with Crippen LogP contribution < -0.4 is 10.6 Å². The number of nitrogens with one attached hydrogen (secondary N) is 2. The molecule has 8 heteroatoms. The fourth-order valence-electron chi connectivity index (χ4n) is 2.07. The highest BCUT2D eigenvalue weighted by molar-refractivity contribution is 9.10. The van der Waals surface area contributed by atoms with E-state index in [1.54, 1.807) is 10.9 Å². The summed E-state index contributed by atoms with van der Waals surface area (Å²) in [5.41, 5.74) is 1.62. The number of halogens is 1. The molecule has 0 spiro atoms. The second kappa shape index (κ2) is 6.29. The molecule has 22 heavy (non-hydrogen) atoms. The van der Waals surface area contributed by atoms with Gasteiger partial charge in [-0.1, -0.05) is 22.0 Å². The molecule has 2 aromatic heterocycles. The maximum absolute atomic E-state index is 8.93. The number of aryl methyl sites for hydroxylation is 1. The van der Waals surface area contributed by atoms with Gasteiger partial charge in [0.25, 0.3) is 0 Å². The molecule has 0 saturated heterocycles. The molecule has 0 aliphatic heterocycles. The molecule has 114 valence electrons. The molecule has 0 amide bonds. The molecule has 3 rings (SSSR count). The molecule has 1 aromatic carbocycles. The molecule has 0 fully saturated rings. The standard InChI is InChI=1S/C14H15BrN6O/c1-21-13-11(8-17-21)12(19-14(20-13)16-5-6-22)18-10-4-2-3-9(15)7-10/h2-4,7-8,22H,5-6H2,1H3,(H2,16,18,19,20). The van der Waals surface area contributed by atoms with Crippen molar-refractivity contribution < 1.29 is 5.11 Å². The van der Waals surface area contributed by atoms with Crippen molar-refractivity contribution >= 4 is 44.4 Å². The number of hydrogen-bond donors (Lipinski definition) is 3. The Morgan fingerprint density at radius 3 is 2.95 bits per heavy atom. The first kappa shape index (κ1) is 14.7. The minimum absolute atomic E-state index is 0.0151. The van der Waals surface area contributed by atoms with Gasteiger partial charge in [0.05, 0.1) is 18.2 Å². The van der Waals surface area contributed by atoms with Crippen molar-refractivity contribution in [3.05, 3.63) is 34.9 Å². The smallest absolute Gasteiger partial charge is 0.226 e. The van der Waals surface area contributed by atoms with Gasteiger partial charge in [-0.25, -0.2) is 0 Å². The fourth-order valence-corrected chi connectivity index (χ4v) is 2.47. The van der Waals surface area contributed by atoms with Crippen LogP contribution in [0.1, 0.15) is 0 Å². The number of aromatic nitrogens is 4. The van der Waals surface area contributed by atoms with Gasteiger partial charge in [0.2, 0.25) is 5.95 Å². The van der Waals surface area contributed by atoms with Crippen molar-refractivity contribution in [2.45, 2.75) is 0 Å². The van der Waals surface area contributed by atoms with Crippen LogP contribution in [0.4, 0.5) is 17.5 Å². The lowest BCUT2D eigenvalue weighted by Gasteiger charge is -2.10. The van der Waals surface area contributed by atoms with Gasteiger partial charge < -0.3 is 15.7 Å². The summed E-state index contributed by atoms with van der Waals surface area (Å²) in [6, 6.07) is 7.82. The van der Waals surface area contributed by atoms with Gasteiger partial charge in [0.15, 0.2) is 5.65 Å². The number of hydrogen-bond acceptors (Lipinski definition) is 6. The Morgan fingerprint density at radius 2 is 2.18 bits per heavy atom. The SMILES string of the molecule is Cn1ncc2c(Nc3cccc(Br)c3)nc(NCCO)nc21. The third kappa shape index (κ3) is 3.02. The summed E-state index contributed by atoms with van der Waals surface area (Å²) in [7, 11) is 1.83. The second-order valence-electron chi connectivity index (χ2n) is 4.69. The Hall–Kier alpha value is -2.19. The van der Waals surface area contributed by atoms with E-state index in [0.717, 1.165) is 15.5 Å². The summed E-state index contributed by atoms with van der Waals surface area (Å²) < 4.78 is 2.67. The minimum Gasteiger partial charge on any atom is -0.395 e. The van der Waals surface area contributed by atoms with E-state index in [-0.39, 0.29) is 6.61 Å². The van der Waals surface area contributed by atoms with Crippen LogP contribution in [0.5, 0.6) is 0 Å². The minimum atomic E-state index is 0.0151. The number of nitrogens with zero attached hydrogens (tertiary/aromatic N) is 4. The van der Waals surface area contributed by atoms with Crippen LogP contribution in [0, 0.1) is 0 Å². The van der Waals surface area contributed by atoms with Crippen molar-refractivity contribution in [1.82, 2.24) is 19.7 Å². The van der Waals surface area contributed by atoms with E-state index in [0.29, 0.717) is 24.0 Å². The van der Waals surface area contributed by atoms with Gasteiger partial charge in [-0.3, -0.25) is 4.68 Å². The van der Waals surface area contributed by atoms with E-state index in [4.69, 9.17) is 5.11 Å².